The van der Waals surface area contributed by atoms with Crippen LogP contribution < -0.4 is 5.32 Å². The Kier molecular flexibility index (Phi) is 7.38. The minimum Gasteiger partial charge on any atom is -0.460 e. The molecule has 0 atom stereocenters. The van der Waals surface area contributed by atoms with Gasteiger partial charge in [0.05, 0.1) is 6.54 Å². The predicted octanol–water partition coefficient (Wildman–Crippen LogP) is 6.12. The van der Waals surface area contributed by atoms with E-state index in [1.54, 1.807) is 0 Å². The second kappa shape index (κ2) is 9.28. The molecule has 1 heterocycles. The van der Waals surface area contributed by atoms with Gasteiger partial charge < -0.3 is 9.73 Å². The van der Waals surface area contributed by atoms with Gasteiger partial charge in [0.15, 0.2) is 0 Å². The fourth-order valence-electron chi connectivity index (χ4n) is 2.34. The maximum atomic E-state index is 5.88. The molecule has 0 fully saturated rings. The van der Waals surface area contributed by atoms with Crippen LogP contribution in [0.4, 0.5) is 0 Å². The molecule has 24 heavy (non-hydrogen) atoms. The van der Waals surface area contributed by atoms with E-state index in [0.29, 0.717) is 0 Å². The first-order valence-electron chi connectivity index (χ1n) is 7.50. The molecule has 126 valence electrons. The molecule has 2 aromatic carbocycles. The van der Waals surface area contributed by atoms with Crippen LogP contribution in [0, 0.1) is 0 Å². The average Bonchev–Trinajstić information content (AvgIpc) is 3.03. The zero-order chi connectivity index (χ0) is 16.1. The Labute approximate surface area is 161 Å². The molecule has 2 nitrogen and oxygen atoms in total. The molecule has 0 saturated carbocycles. The van der Waals surface area contributed by atoms with Gasteiger partial charge in [-0.15, -0.1) is 12.4 Å². The standard InChI is InChI=1S/C19H17BrClNO.ClH/c20-16-5-3-15(4-6-16)19-10-9-18(23-19)13-22-12-11-14-1-7-17(21)8-2-14;/h1-10,22H,11-13H2;1H. The van der Waals surface area contributed by atoms with Crippen LogP contribution in [0.25, 0.3) is 11.3 Å². The van der Waals surface area contributed by atoms with Crippen molar-refractivity contribution < 1.29 is 4.42 Å². The van der Waals surface area contributed by atoms with E-state index in [1.165, 1.54) is 5.56 Å². The Bertz CT molecular complexity index is 754. The first-order chi connectivity index (χ1) is 11.2. The molecule has 0 spiro atoms. The summed E-state index contributed by atoms with van der Waals surface area (Å²) >= 11 is 9.32. The van der Waals surface area contributed by atoms with Crippen LogP contribution in [0.15, 0.2) is 69.6 Å². The molecule has 3 aromatic rings. The lowest BCUT2D eigenvalue weighted by Gasteiger charge is -2.03. The Balaban J connectivity index is 0.00000208. The summed E-state index contributed by atoms with van der Waals surface area (Å²) in [7, 11) is 0. The number of hydrogen-bond acceptors (Lipinski definition) is 2. The lowest BCUT2D eigenvalue weighted by molar-refractivity contribution is 0.495. The Hall–Kier alpha value is -1.26. The summed E-state index contributed by atoms with van der Waals surface area (Å²) in [5.74, 6) is 1.84. The van der Waals surface area contributed by atoms with Crippen molar-refractivity contribution >= 4 is 39.9 Å². The van der Waals surface area contributed by atoms with Gasteiger partial charge in [-0.05, 0) is 54.9 Å². The molecule has 0 bridgehead atoms. The van der Waals surface area contributed by atoms with Crippen molar-refractivity contribution in [1.82, 2.24) is 5.32 Å². The maximum absolute atomic E-state index is 5.88. The number of nitrogens with one attached hydrogen (secondary N) is 1. The maximum Gasteiger partial charge on any atom is 0.134 e. The van der Waals surface area contributed by atoms with Crippen molar-refractivity contribution in [1.29, 1.82) is 0 Å². The number of hydrogen-bond donors (Lipinski definition) is 1. The van der Waals surface area contributed by atoms with E-state index >= 15 is 0 Å². The van der Waals surface area contributed by atoms with Gasteiger partial charge >= 0.3 is 0 Å². The van der Waals surface area contributed by atoms with E-state index in [9.17, 15) is 0 Å². The van der Waals surface area contributed by atoms with Crippen LogP contribution >= 0.6 is 39.9 Å². The summed E-state index contributed by atoms with van der Waals surface area (Å²) in [6.07, 6.45) is 0.970. The van der Waals surface area contributed by atoms with Gasteiger partial charge in [-0.1, -0.05) is 51.8 Å². The van der Waals surface area contributed by atoms with Gasteiger partial charge in [-0.25, -0.2) is 0 Å². The van der Waals surface area contributed by atoms with E-state index < -0.39 is 0 Å². The smallest absolute Gasteiger partial charge is 0.134 e. The highest BCUT2D eigenvalue weighted by molar-refractivity contribution is 9.10. The molecule has 0 saturated heterocycles. The second-order valence-corrected chi connectivity index (χ2v) is 6.68. The molecule has 1 aromatic heterocycles. The molecule has 0 aliphatic rings. The van der Waals surface area contributed by atoms with E-state index in [1.807, 2.05) is 48.5 Å². The molecule has 0 aliphatic carbocycles. The Morgan fingerprint density at radius 3 is 2.33 bits per heavy atom. The average molecular weight is 427 g/mol. The lowest BCUT2D eigenvalue weighted by Crippen LogP contribution is -2.16. The van der Waals surface area contributed by atoms with Gasteiger partial charge in [0.2, 0.25) is 0 Å². The van der Waals surface area contributed by atoms with Gasteiger partial charge in [0, 0.05) is 15.1 Å². The van der Waals surface area contributed by atoms with Crippen molar-refractivity contribution in [2.75, 3.05) is 6.54 Å². The quantitative estimate of drug-likeness (QED) is 0.480. The third-order valence-corrected chi connectivity index (χ3v) is 4.37. The molecular formula is C19H18BrCl2NO. The number of halogens is 3. The highest BCUT2D eigenvalue weighted by Crippen LogP contribution is 2.23. The van der Waals surface area contributed by atoms with Crippen LogP contribution in [0.5, 0.6) is 0 Å². The van der Waals surface area contributed by atoms with Crippen LogP contribution in [0.3, 0.4) is 0 Å². The van der Waals surface area contributed by atoms with Crippen molar-refractivity contribution in [3.63, 3.8) is 0 Å². The SMILES string of the molecule is Cl.Clc1ccc(CCNCc2ccc(-c3ccc(Br)cc3)o2)cc1. The first kappa shape index (κ1) is 19.1. The highest BCUT2D eigenvalue weighted by Gasteiger charge is 2.04. The second-order valence-electron chi connectivity index (χ2n) is 5.33. The molecule has 0 amide bonds. The highest BCUT2D eigenvalue weighted by atomic mass is 79.9. The summed E-state index contributed by atoms with van der Waals surface area (Å²) in [5, 5.41) is 4.18. The third kappa shape index (κ3) is 5.38. The van der Waals surface area contributed by atoms with Crippen LogP contribution in [0.1, 0.15) is 11.3 Å². The molecule has 0 aliphatic heterocycles. The van der Waals surface area contributed by atoms with Crippen molar-refractivity contribution in [3.05, 3.63) is 81.5 Å². The monoisotopic (exact) mass is 425 g/mol. The van der Waals surface area contributed by atoms with Crippen LogP contribution in [0.2, 0.25) is 5.02 Å². The molecule has 0 radical (unpaired) electrons. The van der Waals surface area contributed by atoms with E-state index in [2.05, 4.69) is 33.4 Å². The predicted molar refractivity (Wildman–Crippen MR) is 106 cm³/mol. The lowest BCUT2D eigenvalue weighted by atomic mass is 10.1. The van der Waals surface area contributed by atoms with Gasteiger partial charge in [-0.2, -0.15) is 0 Å². The van der Waals surface area contributed by atoms with Crippen molar-refractivity contribution in [3.8, 4) is 11.3 Å². The number of furan rings is 1. The summed E-state index contributed by atoms with van der Waals surface area (Å²) in [6.45, 7) is 1.63. The fraction of sp³-hybridized carbons (Fsp3) is 0.158. The first-order valence-corrected chi connectivity index (χ1v) is 8.67. The summed E-state index contributed by atoms with van der Waals surface area (Å²) in [4.78, 5) is 0. The summed E-state index contributed by atoms with van der Waals surface area (Å²) in [5.41, 5.74) is 2.36. The fourth-order valence-corrected chi connectivity index (χ4v) is 2.73. The summed E-state index contributed by atoms with van der Waals surface area (Å²) < 4.78 is 6.95. The van der Waals surface area contributed by atoms with Gasteiger partial charge in [0.25, 0.3) is 0 Å². The third-order valence-electron chi connectivity index (χ3n) is 3.59. The van der Waals surface area contributed by atoms with Gasteiger partial charge in [-0.3, -0.25) is 0 Å². The normalized spacial score (nSPS) is 10.4. The molecule has 5 heteroatoms. The van der Waals surface area contributed by atoms with Crippen LogP contribution in [-0.4, -0.2) is 6.54 Å². The Morgan fingerprint density at radius 2 is 1.62 bits per heavy atom. The minimum atomic E-state index is 0. The summed E-state index contributed by atoms with van der Waals surface area (Å²) in [6, 6.07) is 20.1. The molecule has 3 rings (SSSR count). The molecule has 1 N–H and O–H groups in total. The van der Waals surface area contributed by atoms with Crippen molar-refractivity contribution in [2.24, 2.45) is 0 Å². The van der Waals surface area contributed by atoms with Crippen molar-refractivity contribution in [2.45, 2.75) is 13.0 Å². The largest absolute Gasteiger partial charge is 0.460 e. The topological polar surface area (TPSA) is 25.2 Å². The van der Waals surface area contributed by atoms with Gasteiger partial charge in [0.1, 0.15) is 11.5 Å². The molecular weight excluding hydrogens is 409 g/mol. The minimum absolute atomic E-state index is 0. The zero-order valence-electron chi connectivity index (χ0n) is 13.0. The molecule has 0 unspecified atom stereocenters. The zero-order valence-corrected chi connectivity index (χ0v) is 16.1. The van der Waals surface area contributed by atoms with E-state index in [0.717, 1.165) is 46.1 Å². The number of benzene rings is 2. The Morgan fingerprint density at radius 1 is 0.917 bits per heavy atom. The van der Waals surface area contributed by atoms with E-state index in [-0.39, 0.29) is 12.4 Å². The number of rotatable bonds is 6. The van der Waals surface area contributed by atoms with E-state index in [4.69, 9.17) is 16.0 Å². The van der Waals surface area contributed by atoms with Crippen LogP contribution in [-0.2, 0) is 13.0 Å².